The first-order chi connectivity index (χ1) is 6.83. The van der Waals surface area contributed by atoms with Gasteiger partial charge in [0.1, 0.15) is 0 Å². The summed E-state index contributed by atoms with van der Waals surface area (Å²) in [6.07, 6.45) is 4.30. The van der Waals surface area contributed by atoms with Gasteiger partial charge in [0.15, 0.2) is 12.0 Å². The summed E-state index contributed by atoms with van der Waals surface area (Å²) in [7, 11) is 0. The number of likely N-dealkylation sites (tertiary alicyclic amines) is 1. The Labute approximate surface area is 82.1 Å². The number of carbonyl (C=O) groups is 1. The van der Waals surface area contributed by atoms with Crippen LogP contribution < -0.4 is 0 Å². The maximum atomic E-state index is 11.8. The molecule has 2 heterocycles. The molecule has 0 spiro atoms. The summed E-state index contributed by atoms with van der Waals surface area (Å²) in [5, 5.41) is 9.05. The Morgan fingerprint density at radius 1 is 1.79 bits per heavy atom. The van der Waals surface area contributed by atoms with Crippen molar-refractivity contribution in [3.63, 3.8) is 0 Å². The van der Waals surface area contributed by atoms with Gasteiger partial charge in [-0.2, -0.15) is 0 Å². The van der Waals surface area contributed by atoms with Crippen LogP contribution in [0.4, 0.5) is 0 Å². The van der Waals surface area contributed by atoms with E-state index in [0.717, 1.165) is 12.8 Å². The van der Waals surface area contributed by atoms with Crippen molar-refractivity contribution in [3.05, 3.63) is 24.2 Å². The van der Waals surface area contributed by atoms with Gasteiger partial charge in [-0.1, -0.05) is 0 Å². The van der Waals surface area contributed by atoms with Crippen molar-refractivity contribution in [2.75, 3.05) is 13.2 Å². The largest absolute Gasteiger partial charge is 0.448 e. The molecule has 0 bridgehead atoms. The highest BCUT2D eigenvalue weighted by Crippen LogP contribution is 2.19. The SMILES string of the molecule is O=C(c1cc[c]o1)N1CCC[C@@H]1CO. The first-order valence-corrected chi connectivity index (χ1v) is 4.70. The van der Waals surface area contributed by atoms with E-state index in [9.17, 15) is 4.79 Å². The predicted octanol–water partition coefficient (Wildman–Crippen LogP) is 0.677. The minimum absolute atomic E-state index is 0.0240. The number of carbonyl (C=O) groups excluding carboxylic acids is 1. The Kier molecular flexibility index (Phi) is 2.54. The van der Waals surface area contributed by atoms with Crippen LogP contribution in [0.1, 0.15) is 23.4 Å². The number of furan rings is 1. The van der Waals surface area contributed by atoms with E-state index >= 15 is 0 Å². The van der Waals surface area contributed by atoms with Crippen molar-refractivity contribution in [1.29, 1.82) is 0 Å². The summed E-state index contributed by atoms with van der Waals surface area (Å²) in [6.45, 7) is 0.723. The van der Waals surface area contributed by atoms with Gasteiger partial charge in [-0.3, -0.25) is 4.79 Å². The zero-order valence-electron chi connectivity index (χ0n) is 7.77. The Hall–Kier alpha value is -1.29. The monoisotopic (exact) mass is 194 g/mol. The van der Waals surface area contributed by atoms with Crippen molar-refractivity contribution >= 4 is 5.91 Å². The highest BCUT2D eigenvalue weighted by molar-refractivity contribution is 5.91. The first-order valence-electron chi connectivity index (χ1n) is 4.70. The van der Waals surface area contributed by atoms with Gasteiger partial charge >= 0.3 is 0 Å². The van der Waals surface area contributed by atoms with Crippen LogP contribution in [0.15, 0.2) is 16.5 Å². The van der Waals surface area contributed by atoms with E-state index < -0.39 is 0 Å². The molecule has 0 unspecified atom stereocenters. The molecule has 1 aliphatic heterocycles. The lowest BCUT2D eigenvalue weighted by molar-refractivity contribution is 0.0645. The molecular formula is C10H12NO3. The summed E-state index contributed by atoms with van der Waals surface area (Å²) < 4.78 is 4.90. The third kappa shape index (κ3) is 1.53. The molecular weight excluding hydrogens is 182 g/mol. The third-order valence-electron chi connectivity index (χ3n) is 2.53. The molecule has 1 atom stereocenters. The highest BCUT2D eigenvalue weighted by Gasteiger charge is 2.29. The molecule has 0 aliphatic carbocycles. The number of hydrogen-bond donors (Lipinski definition) is 1. The van der Waals surface area contributed by atoms with E-state index in [2.05, 4.69) is 6.26 Å². The molecule has 1 amide bonds. The van der Waals surface area contributed by atoms with Crippen molar-refractivity contribution in [3.8, 4) is 0 Å². The van der Waals surface area contributed by atoms with Crippen LogP contribution >= 0.6 is 0 Å². The van der Waals surface area contributed by atoms with Crippen molar-refractivity contribution in [2.45, 2.75) is 18.9 Å². The third-order valence-corrected chi connectivity index (χ3v) is 2.53. The molecule has 1 fully saturated rings. The van der Waals surface area contributed by atoms with Gasteiger partial charge in [-0.25, -0.2) is 0 Å². The van der Waals surface area contributed by atoms with Crippen LogP contribution in [0.25, 0.3) is 0 Å². The molecule has 0 saturated carbocycles. The lowest BCUT2D eigenvalue weighted by Gasteiger charge is -2.21. The van der Waals surface area contributed by atoms with Crippen molar-refractivity contribution < 1.29 is 14.3 Å². The van der Waals surface area contributed by atoms with Crippen LogP contribution in [0.2, 0.25) is 0 Å². The highest BCUT2D eigenvalue weighted by atomic mass is 16.3. The number of amides is 1. The smallest absolute Gasteiger partial charge is 0.289 e. The maximum Gasteiger partial charge on any atom is 0.289 e. The zero-order valence-corrected chi connectivity index (χ0v) is 7.77. The molecule has 1 aliphatic rings. The molecule has 1 N–H and O–H groups in total. The summed E-state index contributed by atoms with van der Waals surface area (Å²) in [5.74, 6) is 0.146. The average Bonchev–Trinajstić information content (AvgIpc) is 2.87. The van der Waals surface area contributed by atoms with Crippen LogP contribution in [0.3, 0.4) is 0 Å². The second-order valence-electron chi connectivity index (χ2n) is 3.39. The van der Waals surface area contributed by atoms with E-state index in [-0.39, 0.29) is 18.6 Å². The minimum atomic E-state index is -0.150. The quantitative estimate of drug-likeness (QED) is 0.753. The van der Waals surface area contributed by atoms with Gasteiger partial charge in [0.2, 0.25) is 0 Å². The van der Waals surface area contributed by atoms with Gasteiger partial charge in [-0.15, -0.1) is 0 Å². The van der Waals surface area contributed by atoms with Gasteiger partial charge in [0.25, 0.3) is 5.91 Å². The fourth-order valence-electron chi connectivity index (χ4n) is 1.79. The number of hydrogen-bond acceptors (Lipinski definition) is 3. The second kappa shape index (κ2) is 3.84. The minimum Gasteiger partial charge on any atom is -0.448 e. The molecule has 2 rings (SSSR count). The van der Waals surface area contributed by atoms with Crippen LogP contribution in [0.5, 0.6) is 0 Å². The summed E-state index contributed by atoms with van der Waals surface area (Å²) >= 11 is 0. The van der Waals surface area contributed by atoms with E-state index in [1.807, 2.05) is 0 Å². The Morgan fingerprint density at radius 3 is 3.29 bits per heavy atom. The van der Waals surface area contributed by atoms with Crippen molar-refractivity contribution in [1.82, 2.24) is 4.90 Å². The van der Waals surface area contributed by atoms with Gasteiger partial charge in [0.05, 0.1) is 12.6 Å². The average molecular weight is 194 g/mol. The van der Waals surface area contributed by atoms with Crippen LogP contribution in [-0.2, 0) is 0 Å². The van der Waals surface area contributed by atoms with Gasteiger partial charge in [0, 0.05) is 6.54 Å². The number of nitrogens with zero attached hydrogens (tertiary/aromatic N) is 1. The zero-order chi connectivity index (χ0) is 9.97. The van der Waals surface area contributed by atoms with Gasteiger partial charge < -0.3 is 14.4 Å². The molecule has 75 valence electrons. The topological polar surface area (TPSA) is 53.7 Å². The Bertz CT molecular complexity index is 307. The number of aliphatic hydroxyl groups is 1. The van der Waals surface area contributed by atoms with E-state index in [1.54, 1.807) is 17.0 Å². The molecule has 4 heteroatoms. The molecule has 14 heavy (non-hydrogen) atoms. The van der Waals surface area contributed by atoms with Crippen molar-refractivity contribution in [2.24, 2.45) is 0 Å². The number of aliphatic hydroxyl groups excluding tert-OH is 1. The molecule has 1 aromatic heterocycles. The molecule has 0 aromatic carbocycles. The van der Waals surface area contributed by atoms with E-state index in [1.165, 1.54) is 0 Å². The molecule has 4 nitrogen and oxygen atoms in total. The molecule has 1 aromatic rings. The lowest BCUT2D eigenvalue weighted by Crippen LogP contribution is -2.37. The second-order valence-corrected chi connectivity index (χ2v) is 3.39. The normalized spacial score (nSPS) is 21.5. The standard InChI is InChI=1S/C10H12NO3/c12-7-8-3-1-5-11(8)10(13)9-4-2-6-14-9/h2,4,8,12H,1,3,5,7H2/t8-/m1/s1. The molecule has 1 saturated heterocycles. The fourth-order valence-corrected chi connectivity index (χ4v) is 1.79. The van der Waals surface area contributed by atoms with Crippen LogP contribution in [0, 0.1) is 6.26 Å². The summed E-state index contributed by atoms with van der Waals surface area (Å²) in [5.41, 5.74) is 0. The number of rotatable bonds is 2. The van der Waals surface area contributed by atoms with E-state index in [4.69, 9.17) is 9.52 Å². The van der Waals surface area contributed by atoms with E-state index in [0.29, 0.717) is 12.3 Å². The predicted molar refractivity (Wildman–Crippen MR) is 48.7 cm³/mol. The maximum absolute atomic E-state index is 11.8. The summed E-state index contributed by atoms with van der Waals surface area (Å²) in [6, 6.07) is 3.11. The Morgan fingerprint density at radius 2 is 2.64 bits per heavy atom. The fraction of sp³-hybridized carbons (Fsp3) is 0.500. The Balaban J connectivity index is 2.11. The first kappa shape index (κ1) is 9.27. The lowest BCUT2D eigenvalue weighted by atomic mass is 10.2. The van der Waals surface area contributed by atoms with Crippen LogP contribution in [-0.4, -0.2) is 35.1 Å². The summed E-state index contributed by atoms with van der Waals surface area (Å²) in [4.78, 5) is 13.4. The molecule has 1 radical (unpaired) electrons. The van der Waals surface area contributed by atoms with Gasteiger partial charge in [-0.05, 0) is 25.0 Å².